The van der Waals surface area contributed by atoms with E-state index < -0.39 is 0 Å². The first-order chi connectivity index (χ1) is 13.1. The SMILES string of the molecule is CCCCN(C)[C@@H]1CCc2c(c(C(=O)NC)nn2CCc2ccccc2)C1. The van der Waals surface area contributed by atoms with Crippen molar-refractivity contribution in [3.8, 4) is 0 Å². The van der Waals surface area contributed by atoms with E-state index in [1.54, 1.807) is 7.05 Å². The van der Waals surface area contributed by atoms with Crippen LogP contribution >= 0.6 is 0 Å². The van der Waals surface area contributed by atoms with E-state index in [9.17, 15) is 4.79 Å². The third-order valence-electron chi connectivity index (χ3n) is 5.71. The van der Waals surface area contributed by atoms with Gasteiger partial charge in [0.05, 0.1) is 0 Å². The highest BCUT2D eigenvalue weighted by molar-refractivity contribution is 5.93. The summed E-state index contributed by atoms with van der Waals surface area (Å²) in [7, 11) is 3.90. The summed E-state index contributed by atoms with van der Waals surface area (Å²) in [4.78, 5) is 14.9. The molecular weight excluding hydrogens is 336 g/mol. The van der Waals surface area contributed by atoms with Gasteiger partial charge in [0.15, 0.2) is 5.69 Å². The van der Waals surface area contributed by atoms with Crippen molar-refractivity contribution >= 4 is 5.91 Å². The van der Waals surface area contributed by atoms with Gasteiger partial charge in [-0.25, -0.2) is 0 Å². The highest BCUT2D eigenvalue weighted by Gasteiger charge is 2.30. The molecule has 1 aliphatic carbocycles. The summed E-state index contributed by atoms with van der Waals surface area (Å²) in [6.07, 6.45) is 6.42. The Morgan fingerprint density at radius 1 is 1.33 bits per heavy atom. The molecule has 1 heterocycles. The minimum atomic E-state index is -0.0680. The van der Waals surface area contributed by atoms with Crippen LogP contribution < -0.4 is 5.32 Å². The Morgan fingerprint density at radius 3 is 2.81 bits per heavy atom. The van der Waals surface area contributed by atoms with Crippen LogP contribution in [0.1, 0.15) is 53.5 Å². The van der Waals surface area contributed by atoms with Gasteiger partial charge in [-0.2, -0.15) is 5.10 Å². The number of hydrogen-bond donors (Lipinski definition) is 1. The van der Waals surface area contributed by atoms with E-state index in [0.29, 0.717) is 11.7 Å². The fourth-order valence-corrected chi connectivity index (χ4v) is 4.00. The van der Waals surface area contributed by atoms with Crippen molar-refractivity contribution in [3.05, 3.63) is 52.8 Å². The lowest BCUT2D eigenvalue weighted by Crippen LogP contribution is -2.37. The van der Waals surface area contributed by atoms with Crippen molar-refractivity contribution < 1.29 is 4.79 Å². The molecule has 1 amide bonds. The Labute approximate surface area is 162 Å². The standard InChI is InChI=1S/C22H32N4O/c1-4-5-14-25(3)18-11-12-20-19(16-18)21(22(27)23-2)24-26(20)15-13-17-9-7-6-8-10-17/h6-10,18H,4-5,11-16H2,1-3H3,(H,23,27)/t18-/m1/s1. The van der Waals surface area contributed by atoms with Crippen LogP contribution in [0.15, 0.2) is 30.3 Å². The van der Waals surface area contributed by atoms with Gasteiger partial charge in [-0.05, 0) is 51.3 Å². The summed E-state index contributed by atoms with van der Waals surface area (Å²) < 4.78 is 2.08. The zero-order valence-electron chi connectivity index (χ0n) is 16.9. The second kappa shape index (κ2) is 9.18. The number of amides is 1. The molecule has 5 nitrogen and oxygen atoms in total. The second-order valence-corrected chi connectivity index (χ2v) is 7.54. The summed E-state index contributed by atoms with van der Waals surface area (Å²) in [6.45, 7) is 4.17. The van der Waals surface area contributed by atoms with Crippen molar-refractivity contribution in [3.63, 3.8) is 0 Å². The third-order valence-corrected chi connectivity index (χ3v) is 5.71. The van der Waals surface area contributed by atoms with Gasteiger partial charge < -0.3 is 10.2 Å². The Kier molecular flexibility index (Phi) is 6.67. The van der Waals surface area contributed by atoms with E-state index in [1.807, 2.05) is 6.07 Å². The number of carbonyl (C=O) groups is 1. The first kappa shape index (κ1) is 19.6. The monoisotopic (exact) mass is 368 g/mol. The van der Waals surface area contributed by atoms with Crippen molar-refractivity contribution in [2.24, 2.45) is 0 Å². The molecule has 2 aromatic rings. The molecule has 0 unspecified atom stereocenters. The lowest BCUT2D eigenvalue weighted by Gasteiger charge is -2.31. The predicted molar refractivity (Wildman–Crippen MR) is 109 cm³/mol. The Balaban J connectivity index is 1.79. The average Bonchev–Trinajstić information content (AvgIpc) is 3.08. The summed E-state index contributed by atoms with van der Waals surface area (Å²) in [5.74, 6) is -0.0680. The molecule has 146 valence electrons. The number of rotatable bonds is 8. The van der Waals surface area contributed by atoms with E-state index in [2.05, 4.69) is 53.1 Å². The van der Waals surface area contributed by atoms with Gasteiger partial charge in [-0.1, -0.05) is 43.7 Å². The van der Waals surface area contributed by atoms with Crippen LogP contribution in [0.5, 0.6) is 0 Å². The van der Waals surface area contributed by atoms with E-state index >= 15 is 0 Å². The molecule has 1 aromatic heterocycles. The number of aryl methyl sites for hydroxylation is 2. The van der Waals surface area contributed by atoms with Gasteiger partial charge >= 0.3 is 0 Å². The van der Waals surface area contributed by atoms with Crippen LogP contribution in [-0.4, -0.2) is 47.3 Å². The molecule has 0 aliphatic heterocycles. The number of carbonyl (C=O) groups excluding carboxylic acids is 1. The van der Waals surface area contributed by atoms with Crippen LogP contribution in [0.3, 0.4) is 0 Å². The summed E-state index contributed by atoms with van der Waals surface area (Å²) >= 11 is 0. The minimum Gasteiger partial charge on any atom is -0.354 e. The number of nitrogens with one attached hydrogen (secondary N) is 1. The number of fused-ring (bicyclic) bond motifs is 1. The van der Waals surface area contributed by atoms with Gasteiger partial charge in [0.1, 0.15) is 0 Å². The van der Waals surface area contributed by atoms with Crippen molar-refractivity contribution in [2.45, 2.75) is 58.0 Å². The zero-order valence-corrected chi connectivity index (χ0v) is 16.9. The van der Waals surface area contributed by atoms with E-state index in [-0.39, 0.29) is 5.91 Å². The molecule has 1 N–H and O–H groups in total. The molecule has 0 saturated carbocycles. The number of hydrogen-bond acceptors (Lipinski definition) is 3. The maximum atomic E-state index is 12.4. The largest absolute Gasteiger partial charge is 0.354 e. The van der Waals surface area contributed by atoms with Crippen LogP contribution in [0, 0.1) is 0 Å². The average molecular weight is 369 g/mol. The smallest absolute Gasteiger partial charge is 0.271 e. The number of unbranched alkanes of at least 4 members (excludes halogenated alkanes) is 1. The van der Waals surface area contributed by atoms with Gasteiger partial charge in [-0.15, -0.1) is 0 Å². The van der Waals surface area contributed by atoms with Crippen molar-refractivity contribution in [1.82, 2.24) is 20.0 Å². The molecule has 5 heteroatoms. The van der Waals surface area contributed by atoms with Crippen LogP contribution in [0.4, 0.5) is 0 Å². The zero-order chi connectivity index (χ0) is 19.2. The maximum absolute atomic E-state index is 12.4. The van der Waals surface area contributed by atoms with Crippen LogP contribution in [0.25, 0.3) is 0 Å². The van der Waals surface area contributed by atoms with Gasteiger partial charge in [0.2, 0.25) is 0 Å². The molecule has 3 rings (SSSR count). The minimum absolute atomic E-state index is 0.0680. The molecule has 1 aliphatic rings. The Bertz CT molecular complexity index is 753. The third kappa shape index (κ3) is 4.59. The van der Waals surface area contributed by atoms with Crippen LogP contribution in [-0.2, 0) is 25.8 Å². The van der Waals surface area contributed by atoms with E-state index in [0.717, 1.165) is 44.3 Å². The van der Waals surface area contributed by atoms with Crippen molar-refractivity contribution in [1.29, 1.82) is 0 Å². The first-order valence-electron chi connectivity index (χ1n) is 10.2. The van der Waals surface area contributed by atoms with E-state index in [1.165, 1.54) is 24.1 Å². The molecule has 0 radical (unpaired) electrons. The van der Waals surface area contributed by atoms with Gasteiger partial charge in [0, 0.05) is 30.9 Å². The molecule has 1 atom stereocenters. The lowest BCUT2D eigenvalue weighted by molar-refractivity contribution is 0.0955. The number of aromatic nitrogens is 2. The molecular formula is C22H32N4O. The van der Waals surface area contributed by atoms with Gasteiger partial charge in [-0.3, -0.25) is 9.48 Å². The second-order valence-electron chi connectivity index (χ2n) is 7.54. The summed E-state index contributed by atoms with van der Waals surface area (Å²) in [6, 6.07) is 11.0. The number of nitrogens with zero attached hydrogens (tertiary/aromatic N) is 3. The topological polar surface area (TPSA) is 50.2 Å². The molecule has 0 bridgehead atoms. The van der Waals surface area contributed by atoms with E-state index in [4.69, 9.17) is 5.10 Å². The fraction of sp³-hybridized carbons (Fsp3) is 0.545. The summed E-state index contributed by atoms with van der Waals surface area (Å²) in [5.41, 5.74) is 4.33. The maximum Gasteiger partial charge on any atom is 0.271 e. The predicted octanol–water partition coefficient (Wildman–Crippen LogP) is 3.07. The quantitative estimate of drug-likeness (QED) is 0.779. The first-order valence-corrected chi connectivity index (χ1v) is 10.2. The normalized spacial score (nSPS) is 16.4. The molecule has 27 heavy (non-hydrogen) atoms. The lowest BCUT2D eigenvalue weighted by atomic mass is 9.90. The molecule has 0 saturated heterocycles. The van der Waals surface area contributed by atoms with Crippen molar-refractivity contribution in [2.75, 3.05) is 20.6 Å². The highest BCUT2D eigenvalue weighted by atomic mass is 16.1. The Hall–Kier alpha value is -2.14. The van der Waals surface area contributed by atoms with Crippen LogP contribution in [0.2, 0.25) is 0 Å². The number of benzene rings is 1. The molecule has 0 fully saturated rings. The van der Waals surface area contributed by atoms with Gasteiger partial charge in [0.25, 0.3) is 5.91 Å². The Morgan fingerprint density at radius 2 is 2.11 bits per heavy atom. The summed E-state index contributed by atoms with van der Waals surface area (Å²) in [5, 5.41) is 7.49. The number of likely N-dealkylation sites (N-methyl/N-ethyl adjacent to an activating group) is 1. The highest BCUT2D eigenvalue weighted by Crippen LogP contribution is 2.27. The molecule has 1 aromatic carbocycles. The molecule has 0 spiro atoms. The fourth-order valence-electron chi connectivity index (χ4n) is 4.00.